The molecular weight excluding hydrogens is 319 g/mol. The summed E-state index contributed by atoms with van der Waals surface area (Å²) in [5.41, 5.74) is 0. The number of aliphatic carboxylic acids is 1. The molecule has 0 aromatic heterocycles. The second-order valence-corrected chi connectivity index (χ2v) is 7.39. The number of carboxylic acid groups (broad SMARTS) is 1. The van der Waals surface area contributed by atoms with Crippen molar-refractivity contribution in [2.75, 3.05) is 0 Å². The predicted octanol–water partition coefficient (Wildman–Crippen LogP) is 1.43. The van der Waals surface area contributed by atoms with Crippen molar-refractivity contribution in [1.82, 2.24) is 0 Å². The van der Waals surface area contributed by atoms with Crippen LogP contribution >= 0.6 is 0 Å². The van der Waals surface area contributed by atoms with Gasteiger partial charge in [0.25, 0.3) is 5.97 Å². The van der Waals surface area contributed by atoms with Gasteiger partial charge in [-0.3, -0.25) is 4.79 Å². The van der Waals surface area contributed by atoms with E-state index in [1.807, 2.05) is 0 Å². The molecule has 0 aliphatic rings. The van der Waals surface area contributed by atoms with E-state index < -0.39 is 27.1 Å². The molecule has 2 aromatic carbocycles. The summed E-state index contributed by atoms with van der Waals surface area (Å²) >= 11 is -0.517. The Bertz CT molecular complexity index is 399. The van der Waals surface area contributed by atoms with Crippen molar-refractivity contribution in [3.8, 4) is 0 Å². The summed E-state index contributed by atoms with van der Waals surface area (Å²) in [5, 5.41) is 7.42. The molecule has 0 heterocycles. The molecule has 0 saturated carbocycles. The fraction of sp³-hybridized carbons (Fsp3) is 0.0714. The zero-order chi connectivity index (χ0) is 12.5. The van der Waals surface area contributed by atoms with Gasteiger partial charge in [-0.1, -0.05) is 0 Å². The van der Waals surface area contributed by atoms with Crippen LogP contribution in [0.4, 0.5) is 0 Å². The molecule has 0 saturated heterocycles. The summed E-state index contributed by atoms with van der Waals surface area (Å²) < 4.78 is 3.08. The number of hydrogen-bond donors (Lipinski definition) is 1. The van der Waals surface area contributed by atoms with Gasteiger partial charge in [-0.15, -0.1) is 0 Å². The van der Waals surface area contributed by atoms with E-state index in [4.69, 9.17) is 9.90 Å². The fourth-order valence-corrected chi connectivity index (χ4v) is 4.21. The van der Waals surface area contributed by atoms with Crippen LogP contribution in [0.5, 0.6) is 0 Å². The number of carbonyl (C=O) groups is 1. The normalized spacial score (nSPS) is 9.00. The van der Waals surface area contributed by atoms with Gasteiger partial charge in [-0.2, -0.15) is 0 Å². The first kappa shape index (κ1) is 13.8. The zero-order valence-electron chi connectivity index (χ0n) is 9.63. The molecule has 0 aliphatic heterocycles. The summed E-state index contributed by atoms with van der Waals surface area (Å²) in [5.74, 6) is -0.833. The van der Waals surface area contributed by atoms with Gasteiger partial charge >= 0.3 is 89.0 Å². The Morgan fingerprint density at radius 1 is 0.882 bits per heavy atom. The summed E-state index contributed by atoms with van der Waals surface area (Å²) in [6.45, 7) is 1.08. The fourth-order valence-electron chi connectivity index (χ4n) is 1.21. The minimum absolute atomic E-state index is 0.517. The van der Waals surface area contributed by atoms with Gasteiger partial charge < -0.3 is 5.11 Å². The van der Waals surface area contributed by atoms with Crippen molar-refractivity contribution >= 4 is 34.3 Å². The van der Waals surface area contributed by atoms with Gasteiger partial charge in [0, 0.05) is 6.92 Å². The quantitative estimate of drug-likeness (QED) is 0.845. The monoisotopic (exact) mass is 334 g/mol. The Hall–Kier alpha value is -1.29. The van der Waals surface area contributed by atoms with Gasteiger partial charge in [0.15, 0.2) is 0 Å². The molecule has 0 unspecified atom stereocenters. The minimum atomic E-state index is -0.833. The molecule has 2 rings (SSSR count). The van der Waals surface area contributed by atoms with Gasteiger partial charge in [-0.25, -0.2) is 0 Å². The molecular formula is C14H14O2Sn. The van der Waals surface area contributed by atoms with Crippen molar-refractivity contribution in [3.63, 3.8) is 0 Å². The van der Waals surface area contributed by atoms with Crippen molar-refractivity contribution in [2.45, 2.75) is 6.92 Å². The molecule has 0 atom stereocenters. The molecule has 86 valence electrons. The van der Waals surface area contributed by atoms with E-state index in [2.05, 4.69) is 60.7 Å². The predicted molar refractivity (Wildman–Crippen MR) is 71.2 cm³/mol. The topological polar surface area (TPSA) is 37.3 Å². The van der Waals surface area contributed by atoms with Gasteiger partial charge in [0.2, 0.25) is 0 Å². The van der Waals surface area contributed by atoms with Crippen molar-refractivity contribution < 1.29 is 9.90 Å². The first-order valence-corrected chi connectivity index (χ1v) is 8.10. The maximum absolute atomic E-state index is 9.00. The number of rotatable bonds is 2. The van der Waals surface area contributed by atoms with E-state index in [0.717, 1.165) is 6.92 Å². The van der Waals surface area contributed by atoms with Crippen molar-refractivity contribution in [3.05, 3.63) is 60.7 Å². The maximum atomic E-state index is 9.00. The van der Waals surface area contributed by atoms with Crippen molar-refractivity contribution in [2.24, 2.45) is 0 Å². The van der Waals surface area contributed by atoms with Crippen LogP contribution in [0.3, 0.4) is 0 Å². The molecule has 17 heavy (non-hydrogen) atoms. The van der Waals surface area contributed by atoms with Crippen LogP contribution in [0.15, 0.2) is 60.7 Å². The SMILES string of the molecule is CC(=O)O.c1cc[c]([Sn][c]2ccccc2)cc1. The van der Waals surface area contributed by atoms with Gasteiger partial charge in [-0.05, 0) is 0 Å². The first-order chi connectivity index (χ1) is 8.18. The Morgan fingerprint density at radius 2 is 1.18 bits per heavy atom. The standard InChI is InChI=1S/2C6H5.C2H4O2.Sn/c2*1-2-4-6-5-3-1;1-2(3)4;/h2*1-5H;1H3,(H,3,4);. The summed E-state index contributed by atoms with van der Waals surface area (Å²) in [7, 11) is 0. The molecule has 0 bridgehead atoms. The van der Waals surface area contributed by atoms with Gasteiger partial charge in [0.05, 0.1) is 0 Å². The second kappa shape index (κ2) is 7.90. The van der Waals surface area contributed by atoms with Crippen LogP contribution in [0.1, 0.15) is 6.92 Å². The van der Waals surface area contributed by atoms with E-state index >= 15 is 0 Å². The molecule has 0 spiro atoms. The number of carboxylic acids is 1. The molecule has 0 amide bonds. The van der Waals surface area contributed by atoms with Crippen LogP contribution < -0.4 is 7.16 Å². The number of hydrogen-bond acceptors (Lipinski definition) is 1. The molecule has 0 aliphatic carbocycles. The summed E-state index contributed by atoms with van der Waals surface area (Å²) in [4.78, 5) is 9.00. The van der Waals surface area contributed by atoms with Crippen LogP contribution in [0.25, 0.3) is 0 Å². The Kier molecular flexibility index (Phi) is 6.40. The average molecular weight is 333 g/mol. The first-order valence-electron chi connectivity index (χ1n) is 5.25. The van der Waals surface area contributed by atoms with Crippen LogP contribution in [0, 0.1) is 0 Å². The molecule has 2 aromatic rings. The Balaban J connectivity index is 0.000000317. The summed E-state index contributed by atoms with van der Waals surface area (Å²) in [6, 6.07) is 21.6. The molecule has 2 radical (unpaired) electrons. The Morgan fingerprint density at radius 3 is 1.47 bits per heavy atom. The molecule has 1 N–H and O–H groups in total. The van der Waals surface area contributed by atoms with Crippen LogP contribution in [-0.2, 0) is 4.79 Å². The van der Waals surface area contributed by atoms with Gasteiger partial charge in [0.1, 0.15) is 0 Å². The van der Waals surface area contributed by atoms with Crippen molar-refractivity contribution in [1.29, 1.82) is 0 Å². The number of benzene rings is 2. The molecule has 0 fully saturated rings. The third-order valence-corrected chi connectivity index (χ3v) is 5.39. The summed E-state index contributed by atoms with van der Waals surface area (Å²) in [6.07, 6.45) is 0. The van der Waals surface area contributed by atoms with E-state index in [9.17, 15) is 0 Å². The van der Waals surface area contributed by atoms with E-state index in [1.165, 1.54) is 7.16 Å². The third-order valence-electron chi connectivity index (χ3n) is 1.84. The molecule has 2 nitrogen and oxygen atoms in total. The second-order valence-electron chi connectivity index (χ2n) is 3.38. The van der Waals surface area contributed by atoms with Crippen LogP contribution in [-0.4, -0.2) is 32.2 Å². The van der Waals surface area contributed by atoms with E-state index in [0.29, 0.717) is 0 Å². The average Bonchev–Trinajstić information content (AvgIpc) is 2.31. The van der Waals surface area contributed by atoms with E-state index in [-0.39, 0.29) is 0 Å². The van der Waals surface area contributed by atoms with Crippen LogP contribution in [0.2, 0.25) is 0 Å². The Labute approximate surface area is 112 Å². The van der Waals surface area contributed by atoms with E-state index in [1.54, 1.807) is 0 Å². The molecule has 3 heteroatoms. The third kappa shape index (κ3) is 6.79. The zero-order valence-corrected chi connectivity index (χ0v) is 12.5.